The van der Waals surface area contributed by atoms with E-state index in [2.05, 4.69) is 20.6 Å². The van der Waals surface area contributed by atoms with Crippen LogP contribution in [0.5, 0.6) is 0 Å². The van der Waals surface area contributed by atoms with E-state index < -0.39 is 5.41 Å². The minimum Gasteiger partial charge on any atom is -0.381 e. The van der Waals surface area contributed by atoms with Crippen molar-refractivity contribution in [2.75, 3.05) is 45.7 Å². The van der Waals surface area contributed by atoms with Crippen molar-refractivity contribution in [1.29, 1.82) is 0 Å². The predicted molar refractivity (Wildman–Crippen MR) is 87.6 cm³/mol. The van der Waals surface area contributed by atoms with Crippen LogP contribution in [0.4, 0.5) is 5.95 Å². The van der Waals surface area contributed by atoms with Crippen molar-refractivity contribution in [3.05, 3.63) is 17.5 Å². The zero-order chi connectivity index (χ0) is 17.3. The van der Waals surface area contributed by atoms with Crippen molar-refractivity contribution in [3.63, 3.8) is 0 Å². The molecule has 24 heavy (non-hydrogen) atoms. The molecule has 1 aromatic rings. The minimum atomic E-state index is -0.559. The van der Waals surface area contributed by atoms with Gasteiger partial charge in [-0.25, -0.2) is 9.97 Å². The molecular formula is C16H23N5O3. The highest BCUT2D eigenvalue weighted by Gasteiger charge is 2.54. The summed E-state index contributed by atoms with van der Waals surface area (Å²) < 4.78 is 5.54. The fraction of sp³-hybridized carbons (Fsp3) is 0.625. The van der Waals surface area contributed by atoms with Gasteiger partial charge in [0.1, 0.15) is 5.69 Å². The van der Waals surface area contributed by atoms with E-state index in [1.54, 1.807) is 25.1 Å². The molecule has 0 bridgehead atoms. The summed E-state index contributed by atoms with van der Waals surface area (Å²) in [6, 6.07) is 1.67. The SMILES string of the molecule is CNC(=O)[C@]12CCOC[C@H]1CN(C(=O)c1cc(C)nc(NC)n1)C2. The molecule has 0 aliphatic carbocycles. The first-order valence-electron chi connectivity index (χ1n) is 8.13. The molecule has 0 spiro atoms. The second-order valence-corrected chi connectivity index (χ2v) is 6.41. The summed E-state index contributed by atoms with van der Waals surface area (Å²) in [7, 11) is 3.35. The van der Waals surface area contributed by atoms with Crippen molar-refractivity contribution in [3.8, 4) is 0 Å². The predicted octanol–water partition coefficient (Wildman–Crippen LogP) is 0.0514. The summed E-state index contributed by atoms with van der Waals surface area (Å²) >= 11 is 0. The smallest absolute Gasteiger partial charge is 0.272 e. The molecule has 0 unspecified atom stereocenters. The van der Waals surface area contributed by atoms with Crippen molar-refractivity contribution in [1.82, 2.24) is 20.2 Å². The Labute approximate surface area is 141 Å². The van der Waals surface area contributed by atoms with Crippen LogP contribution in [-0.4, -0.2) is 67.1 Å². The van der Waals surface area contributed by atoms with Gasteiger partial charge in [-0.3, -0.25) is 9.59 Å². The number of aryl methyl sites for hydroxylation is 1. The molecule has 2 fully saturated rings. The molecule has 8 heteroatoms. The van der Waals surface area contributed by atoms with Gasteiger partial charge in [-0.15, -0.1) is 0 Å². The topological polar surface area (TPSA) is 96.5 Å². The molecular weight excluding hydrogens is 310 g/mol. The molecule has 8 nitrogen and oxygen atoms in total. The van der Waals surface area contributed by atoms with Gasteiger partial charge in [0.25, 0.3) is 5.91 Å². The minimum absolute atomic E-state index is 0.0131. The van der Waals surface area contributed by atoms with E-state index in [0.29, 0.717) is 44.4 Å². The van der Waals surface area contributed by atoms with E-state index in [0.717, 1.165) is 5.69 Å². The molecule has 2 atom stereocenters. The number of hydrogen-bond acceptors (Lipinski definition) is 6. The third-order valence-electron chi connectivity index (χ3n) is 4.97. The lowest BCUT2D eigenvalue weighted by Crippen LogP contribution is -2.49. The molecule has 2 N–H and O–H groups in total. The van der Waals surface area contributed by atoms with Crippen molar-refractivity contribution in [2.45, 2.75) is 13.3 Å². The maximum Gasteiger partial charge on any atom is 0.272 e. The summed E-state index contributed by atoms with van der Waals surface area (Å²) in [5.74, 6) is 0.247. The van der Waals surface area contributed by atoms with Gasteiger partial charge in [-0.2, -0.15) is 0 Å². The third kappa shape index (κ3) is 2.71. The molecule has 3 heterocycles. The van der Waals surface area contributed by atoms with Crippen LogP contribution in [0.15, 0.2) is 6.07 Å². The van der Waals surface area contributed by atoms with Crippen molar-refractivity contribution >= 4 is 17.8 Å². The molecule has 2 amide bonds. The number of likely N-dealkylation sites (tertiary alicyclic amines) is 1. The third-order valence-corrected chi connectivity index (χ3v) is 4.97. The molecule has 1 aromatic heterocycles. The zero-order valence-electron chi connectivity index (χ0n) is 14.3. The molecule has 0 aromatic carbocycles. The second-order valence-electron chi connectivity index (χ2n) is 6.41. The van der Waals surface area contributed by atoms with E-state index in [4.69, 9.17) is 4.74 Å². The fourth-order valence-electron chi connectivity index (χ4n) is 3.68. The first-order valence-corrected chi connectivity index (χ1v) is 8.13. The Bertz CT molecular complexity index is 665. The summed E-state index contributed by atoms with van der Waals surface area (Å²) in [5.41, 5.74) is 0.508. The standard InChI is InChI=1S/C16H23N5O3/c1-10-6-12(20-15(18-3)19-10)13(22)21-7-11-8-24-5-4-16(11,9-21)14(23)17-2/h6,11H,4-5,7-9H2,1-3H3,(H,17,23)(H,18,19,20)/t11-,16+/m1/s1. The quantitative estimate of drug-likeness (QED) is 0.811. The summed E-state index contributed by atoms with van der Waals surface area (Å²) in [5, 5.41) is 5.62. The van der Waals surface area contributed by atoms with E-state index >= 15 is 0 Å². The highest BCUT2D eigenvalue weighted by atomic mass is 16.5. The molecule has 2 aliphatic heterocycles. The van der Waals surface area contributed by atoms with Crippen LogP contribution >= 0.6 is 0 Å². The van der Waals surface area contributed by atoms with Gasteiger partial charge in [-0.1, -0.05) is 0 Å². The van der Waals surface area contributed by atoms with Crippen LogP contribution in [0.25, 0.3) is 0 Å². The van der Waals surface area contributed by atoms with Gasteiger partial charge >= 0.3 is 0 Å². The van der Waals surface area contributed by atoms with Gasteiger partial charge in [-0.05, 0) is 19.4 Å². The Balaban J connectivity index is 1.87. The van der Waals surface area contributed by atoms with Gasteiger partial charge in [0, 0.05) is 45.4 Å². The monoisotopic (exact) mass is 333 g/mol. The number of nitrogens with zero attached hydrogens (tertiary/aromatic N) is 3. The largest absolute Gasteiger partial charge is 0.381 e. The number of hydrogen-bond donors (Lipinski definition) is 2. The Kier molecular flexibility index (Phi) is 4.40. The molecule has 2 saturated heterocycles. The van der Waals surface area contributed by atoms with Crippen LogP contribution < -0.4 is 10.6 Å². The van der Waals surface area contributed by atoms with E-state index in [-0.39, 0.29) is 17.7 Å². The number of fused-ring (bicyclic) bond motifs is 1. The number of carbonyl (C=O) groups excluding carboxylic acids is 2. The normalized spacial score (nSPS) is 26.0. The average Bonchev–Trinajstić information content (AvgIpc) is 3.00. The second kappa shape index (κ2) is 6.35. The Morgan fingerprint density at radius 3 is 2.88 bits per heavy atom. The maximum absolute atomic E-state index is 12.9. The maximum atomic E-state index is 12.9. The lowest BCUT2D eigenvalue weighted by molar-refractivity contribution is -0.138. The lowest BCUT2D eigenvalue weighted by atomic mass is 9.73. The zero-order valence-corrected chi connectivity index (χ0v) is 14.3. The van der Waals surface area contributed by atoms with Crippen molar-refractivity contribution in [2.24, 2.45) is 11.3 Å². The first-order chi connectivity index (χ1) is 11.5. The average molecular weight is 333 g/mol. The van der Waals surface area contributed by atoms with Crippen molar-refractivity contribution < 1.29 is 14.3 Å². The van der Waals surface area contributed by atoms with E-state index in [1.807, 2.05) is 6.92 Å². The highest BCUT2D eigenvalue weighted by molar-refractivity contribution is 5.94. The Hall–Kier alpha value is -2.22. The van der Waals surface area contributed by atoms with Crippen LogP contribution in [0.3, 0.4) is 0 Å². The number of anilines is 1. The summed E-state index contributed by atoms with van der Waals surface area (Å²) in [4.78, 5) is 35.6. The first kappa shape index (κ1) is 16.6. The van der Waals surface area contributed by atoms with Crippen LogP contribution in [0.1, 0.15) is 22.6 Å². The lowest BCUT2D eigenvalue weighted by Gasteiger charge is -2.36. The number of rotatable bonds is 3. The van der Waals surface area contributed by atoms with Gasteiger partial charge < -0.3 is 20.3 Å². The molecule has 3 rings (SSSR count). The number of carbonyl (C=O) groups is 2. The van der Waals surface area contributed by atoms with Crippen LogP contribution in [-0.2, 0) is 9.53 Å². The Morgan fingerprint density at radius 1 is 1.38 bits per heavy atom. The fourth-order valence-corrected chi connectivity index (χ4v) is 3.68. The molecule has 0 saturated carbocycles. The van der Waals surface area contributed by atoms with Gasteiger partial charge in [0.05, 0.1) is 12.0 Å². The van der Waals surface area contributed by atoms with Crippen LogP contribution in [0, 0.1) is 18.3 Å². The molecule has 0 radical (unpaired) electrons. The summed E-state index contributed by atoms with van der Waals surface area (Å²) in [6.45, 7) is 3.77. The van der Waals surface area contributed by atoms with Gasteiger partial charge in [0.2, 0.25) is 11.9 Å². The van der Waals surface area contributed by atoms with Gasteiger partial charge in [0.15, 0.2) is 0 Å². The van der Waals surface area contributed by atoms with Crippen LogP contribution in [0.2, 0.25) is 0 Å². The summed E-state index contributed by atoms with van der Waals surface area (Å²) in [6.07, 6.45) is 0.631. The van der Waals surface area contributed by atoms with E-state index in [9.17, 15) is 9.59 Å². The highest BCUT2D eigenvalue weighted by Crippen LogP contribution is 2.42. The molecule has 2 aliphatic rings. The van der Waals surface area contributed by atoms with E-state index in [1.165, 1.54) is 0 Å². The number of nitrogens with one attached hydrogen (secondary N) is 2. The number of aromatic nitrogens is 2. The Morgan fingerprint density at radius 2 is 2.17 bits per heavy atom. The number of ether oxygens (including phenoxy) is 1. The molecule has 130 valence electrons. The number of amides is 2.